The van der Waals surface area contributed by atoms with E-state index < -0.39 is 5.97 Å². The Kier molecular flexibility index (Phi) is 9.45. The van der Waals surface area contributed by atoms with Gasteiger partial charge in [-0.2, -0.15) is 0 Å². The molecular weight excluding hydrogens is 440 g/mol. The van der Waals surface area contributed by atoms with Crippen LogP contribution in [0.15, 0.2) is 66.7 Å². The van der Waals surface area contributed by atoms with E-state index in [-0.39, 0.29) is 6.42 Å². The van der Waals surface area contributed by atoms with Gasteiger partial charge in [0.05, 0.1) is 24.7 Å². The summed E-state index contributed by atoms with van der Waals surface area (Å²) in [6.45, 7) is 3.24. The molecule has 0 aliphatic rings. The minimum absolute atomic E-state index is 0.0588. The fraction of sp³-hybridized carbons (Fsp3) is 0.296. The molecule has 174 valence electrons. The van der Waals surface area contributed by atoms with Gasteiger partial charge >= 0.3 is 5.97 Å². The molecule has 3 aromatic carbocycles. The molecule has 0 radical (unpaired) electrons. The summed E-state index contributed by atoms with van der Waals surface area (Å²) in [6, 6.07) is 20.7. The van der Waals surface area contributed by atoms with E-state index in [1.54, 1.807) is 18.2 Å². The Bertz CT molecular complexity index is 1040. The van der Waals surface area contributed by atoms with Crippen molar-refractivity contribution in [3.8, 4) is 23.0 Å². The lowest BCUT2D eigenvalue weighted by Crippen LogP contribution is -2.05. The van der Waals surface area contributed by atoms with Crippen molar-refractivity contribution >= 4 is 17.6 Å². The van der Waals surface area contributed by atoms with E-state index in [4.69, 9.17) is 30.9 Å². The molecule has 0 amide bonds. The van der Waals surface area contributed by atoms with Crippen LogP contribution in [0.1, 0.15) is 37.3 Å². The van der Waals surface area contributed by atoms with Gasteiger partial charge in [0.25, 0.3) is 0 Å². The molecule has 0 unspecified atom stereocenters. The number of rotatable bonds is 13. The van der Waals surface area contributed by atoms with Crippen molar-refractivity contribution in [2.75, 3.05) is 13.2 Å². The number of aryl methyl sites for hydroxylation is 1. The monoisotopic (exact) mass is 468 g/mol. The summed E-state index contributed by atoms with van der Waals surface area (Å²) in [4.78, 5) is 10.8. The summed E-state index contributed by atoms with van der Waals surface area (Å²) in [6.07, 6.45) is 3.52. The molecule has 3 aromatic rings. The summed E-state index contributed by atoms with van der Waals surface area (Å²) in [5.41, 5.74) is 1.78. The third-order valence-electron chi connectivity index (χ3n) is 4.94. The second kappa shape index (κ2) is 12.8. The molecule has 0 aliphatic heterocycles. The van der Waals surface area contributed by atoms with E-state index in [1.165, 1.54) is 0 Å². The second-order valence-corrected chi connectivity index (χ2v) is 8.08. The number of aliphatic carboxylic acids is 1. The molecule has 0 bridgehead atoms. The topological polar surface area (TPSA) is 65.0 Å². The maximum absolute atomic E-state index is 10.8. The third-order valence-corrected chi connectivity index (χ3v) is 5.23. The van der Waals surface area contributed by atoms with E-state index in [1.807, 2.05) is 48.5 Å². The molecule has 0 heterocycles. The number of ether oxygens (including phenoxy) is 3. The summed E-state index contributed by atoms with van der Waals surface area (Å²) in [5.74, 6) is 2.17. The van der Waals surface area contributed by atoms with Crippen LogP contribution in [0.2, 0.25) is 5.02 Å². The summed E-state index contributed by atoms with van der Waals surface area (Å²) < 4.78 is 17.7. The van der Waals surface area contributed by atoms with Crippen LogP contribution in [0.4, 0.5) is 0 Å². The van der Waals surface area contributed by atoms with E-state index in [0.29, 0.717) is 29.5 Å². The van der Waals surface area contributed by atoms with E-state index in [0.717, 1.165) is 48.5 Å². The van der Waals surface area contributed by atoms with Gasteiger partial charge in [0, 0.05) is 0 Å². The maximum Gasteiger partial charge on any atom is 0.307 e. The molecule has 1 N–H and O–H groups in total. The molecule has 0 saturated carbocycles. The van der Waals surface area contributed by atoms with Gasteiger partial charge in [0.2, 0.25) is 0 Å². The Morgan fingerprint density at radius 3 is 2.24 bits per heavy atom. The summed E-state index contributed by atoms with van der Waals surface area (Å²) in [5, 5.41) is 9.28. The van der Waals surface area contributed by atoms with Gasteiger partial charge in [0.1, 0.15) is 23.0 Å². The standard InChI is InChI=1S/C27H29ClO5/c1-2-8-21-19-23(33-22-9-4-3-5-10-22)12-14-25(21)31-15-6-7-16-32-26-13-11-20(17-24(26)28)18-27(29)30/h3-5,9-14,17,19H,2,6-8,15-16,18H2,1H3,(H,29,30). The van der Waals surface area contributed by atoms with Gasteiger partial charge in [-0.15, -0.1) is 0 Å². The molecular formula is C27H29ClO5. The Hall–Kier alpha value is -3.18. The third kappa shape index (κ3) is 8.03. The predicted molar refractivity (Wildman–Crippen MR) is 130 cm³/mol. The molecule has 33 heavy (non-hydrogen) atoms. The van der Waals surface area contributed by atoms with E-state index >= 15 is 0 Å². The normalized spacial score (nSPS) is 10.6. The molecule has 0 fully saturated rings. The van der Waals surface area contributed by atoms with Crippen molar-refractivity contribution in [1.29, 1.82) is 0 Å². The predicted octanol–water partition coefficient (Wildman–Crippen LogP) is 6.95. The number of carboxylic acid groups (broad SMARTS) is 1. The Morgan fingerprint density at radius 1 is 0.879 bits per heavy atom. The first-order chi connectivity index (χ1) is 16.0. The zero-order valence-corrected chi connectivity index (χ0v) is 19.5. The zero-order chi connectivity index (χ0) is 23.5. The largest absolute Gasteiger partial charge is 0.493 e. The second-order valence-electron chi connectivity index (χ2n) is 7.67. The van der Waals surface area contributed by atoms with Crippen LogP contribution in [0.25, 0.3) is 0 Å². The number of benzene rings is 3. The van der Waals surface area contributed by atoms with Crippen LogP contribution < -0.4 is 14.2 Å². The average molecular weight is 469 g/mol. The first kappa shape index (κ1) is 24.5. The maximum atomic E-state index is 10.8. The van der Waals surface area contributed by atoms with Crippen LogP contribution in [0.3, 0.4) is 0 Å². The van der Waals surface area contributed by atoms with Crippen molar-refractivity contribution in [3.63, 3.8) is 0 Å². The lowest BCUT2D eigenvalue weighted by atomic mass is 10.1. The quantitative estimate of drug-likeness (QED) is 0.275. The molecule has 5 nitrogen and oxygen atoms in total. The van der Waals surface area contributed by atoms with Gasteiger partial charge in [-0.25, -0.2) is 0 Å². The minimum Gasteiger partial charge on any atom is -0.493 e. The number of halogens is 1. The van der Waals surface area contributed by atoms with Crippen LogP contribution in [-0.2, 0) is 17.6 Å². The van der Waals surface area contributed by atoms with Crippen molar-refractivity contribution in [2.24, 2.45) is 0 Å². The highest BCUT2D eigenvalue weighted by Crippen LogP contribution is 2.29. The summed E-state index contributed by atoms with van der Waals surface area (Å²) >= 11 is 6.19. The first-order valence-electron chi connectivity index (χ1n) is 11.2. The highest BCUT2D eigenvalue weighted by Gasteiger charge is 2.08. The van der Waals surface area contributed by atoms with Crippen molar-refractivity contribution in [1.82, 2.24) is 0 Å². The number of hydrogen-bond donors (Lipinski definition) is 1. The molecule has 6 heteroatoms. The van der Waals surface area contributed by atoms with Crippen molar-refractivity contribution in [2.45, 2.75) is 39.0 Å². The van der Waals surface area contributed by atoms with Gasteiger partial charge in [0.15, 0.2) is 0 Å². The minimum atomic E-state index is -0.889. The number of unbranched alkanes of at least 4 members (excludes halogenated alkanes) is 1. The van der Waals surface area contributed by atoms with E-state index in [2.05, 4.69) is 6.92 Å². The summed E-state index contributed by atoms with van der Waals surface area (Å²) in [7, 11) is 0. The van der Waals surface area contributed by atoms with Gasteiger partial charge in [-0.1, -0.05) is 49.2 Å². The highest BCUT2D eigenvalue weighted by molar-refractivity contribution is 6.32. The van der Waals surface area contributed by atoms with Crippen molar-refractivity contribution < 1.29 is 24.1 Å². The number of carbonyl (C=O) groups is 1. The molecule has 0 aromatic heterocycles. The van der Waals surface area contributed by atoms with Crippen LogP contribution in [-0.4, -0.2) is 24.3 Å². The van der Waals surface area contributed by atoms with Gasteiger partial charge in [-0.3, -0.25) is 4.79 Å². The fourth-order valence-corrected chi connectivity index (χ4v) is 3.62. The van der Waals surface area contributed by atoms with Gasteiger partial charge < -0.3 is 19.3 Å². The molecule has 0 spiro atoms. The molecule has 3 rings (SSSR count). The van der Waals surface area contributed by atoms with E-state index in [9.17, 15) is 4.79 Å². The Morgan fingerprint density at radius 2 is 1.58 bits per heavy atom. The number of hydrogen-bond acceptors (Lipinski definition) is 4. The molecule has 0 atom stereocenters. The Balaban J connectivity index is 1.44. The molecule has 0 saturated heterocycles. The number of para-hydroxylation sites is 1. The zero-order valence-electron chi connectivity index (χ0n) is 18.8. The fourth-order valence-electron chi connectivity index (χ4n) is 3.36. The smallest absolute Gasteiger partial charge is 0.307 e. The van der Waals surface area contributed by atoms with Gasteiger partial charge in [-0.05, 0) is 72.9 Å². The first-order valence-corrected chi connectivity index (χ1v) is 11.5. The van der Waals surface area contributed by atoms with Crippen LogP contribution in [0.5, 0.6) is 23.0 Å². The average Bonchev–Trinajstić information content (AvgIpc) is 2.79. The SMILES string of the molecule is CCCc1cc(Oc2ccccc2)ccc1OCCCCOc1ccc(CC(=O)O)cc1Cl. The van der Waals surface area contributed by atoms with Crippen molar-refractivity contribution in [3.05, 3.63) is 82.9 Å². The van der Waals surface area contributed by atoms with Crippen LogP contribution >= 0.6 is 11.6 Å². The lowest BCUT2D eigenvalue weighted by molar-refractivity contribution is -0.136. The van der Waals surface area contributed by atoms with Crippen LogP contribution in [0, 0.1) is 0 Å². The Labute approximate surface area is 199 Å². The number of carboxylic acids is 1. The lowest BCUT2D eigenvalue weighted by Gasteiger charge is -2.14. The molecule has 0 aliphatic carbocycles. The highest BCUT2D eigenvalue weighted by atomic mass is 35.5.